The number of hydrogen-bond donors (Lipinski definition) is 0. The molecule has 3 aromatic heterocycles. The molecule has 0 radical (unpaired) electrons. The number of aromatic nitrogens is 4. The Morgan fingerprint density at radius 2 is 1.75 bits per heavy atom. The molecular formula is C21H22N6O4S. The fraction of sp³-hybridized carbons (Fsp3) is 0.238. The van der Waals surface area contributed by atoms with Gasteiger partial charge in [-0.1, -0.05) is 18.2 Å². The van der Waals surface area contributed by atoms with E-state index in [0.717, 1.165) is 5.56 Å². The second-order valence-corrected chi connectivity index (χ2v) is 9.23. The van der Waals surface area contributed by atoms with Crippen LogP contribution in [0.1, 0.15) is 7.12 Å². The first-order valence-corrected chi connectivity index (χ1v) is 11.5. The summed E-state index contributed by atoms with van der Waals surface area (Å²) in [6.07, 6.45) is 4.27. The molecule has 0 unspecified atom stereocenters. The third kappa shape index (κ3) is 3.76. The molecule has 4 heterocycles. The van der Waals surface area contributed by atoms with Crippen LogP contribution in [0.3, 0.4) is 0 Å². The van der Waals surface area contributed by atoms with E-state index in [1.807, 2.05) is 42.2 Å². The van der Waals surface area contributed by atoms with Gasteiger partial charge < -0.3 is 13.7 Å². The molecule has 0 bridgehead atoms. The van der Waals surface area contributed by atoms with Gasteiger partial charge in [-0.15, -0.1) is 10.2 Å². The molecule has 0 atom stereocenters. The van der Waals surface area contributed by atoms with E-state index in [1.165, 1.54) is 22.9 Å². The normalized spacial score (nSPS) is 15.2. The van der Waals surface area contributed by atoms with E-state index < -0.39 is 10.0 Å². The van der Waals surface area contributed by atoms with Gasteiger partial charge in [0.1, 0.15) is 17.0 Å². The Morgan fingerprint density at radius 1 is 1.00 bits per heavy atom. The van der Waals surface area contributed by atoms with Crippen molar-refractivity contribution in [3.05, 3.63) is 60.8 Å². The molecule has 1 fully saturated rings. The fourth-order valence-corrected chi connectivity index (χ4v) is 4.86. The van der Waals surface area contributed by atoms with Gasteiger partial charge >= 0.3 is 0 Å². The first-order chi connectivity index (χ1) is 15.5. The molecule has 1 aliphatic heterocycles. The molecule has 11 heteroatoms. The van der Waals surface area contributed by atoms with Crippen LogP contribution < -0.4 is 4.90 Å². The Bertz CT molecular complexity index is 1320. The highest BCUT2D eigenvalue weighted by molar-refractivity contribution is 7.89. The monoisotopic (exact) mass is 454 g/mol. The Balaban J connectivity index is 0.00000259. The zero-order valence-corrected chi connectivity index (χ0v) is 18.1. The van der Waals surface area contributed by atoms with Gasteiger partial charge in [0.05, 0.1) is 18.2 Å². The maximum Gasteiger partial charge on any atom is 0.268 e. The summed E-state index contributed by atoms with van der Waals surface area (Å²) in [6, 6.07) is 11.0. The van der Waals surface area contributed by atoms with Crippen LogP contribution in [-0.4, -0.2) is 59.1 Å². The lowest BCUT2D eigenvalue weighted by atomic mass is 10.2. The van der Waals surface area contributed by atoms with Crippen molar-refractivity contribution in [2.75, 3.05) is 31.1 Å². The number of piperazine rings is 1. The van der Waals surface area contributed by atoms with Crippen LogP contribution in [0.15, 0.2) is 68.9 Å². The van der Waals surface area contributed by atoms with Crippen molar-refractivity contribution in [2.24, 2.45) is 0 Å². The summed E-state index contributed by atoms with van der Waals surface area (Å²) in [4.78, 5) is 11.3. The van der Waals surface area contributed by atoms with Crippen LogP contribution in [0.5, 0.6) is 0 Å². The molecule has 10 nitrogen and oxygen atoms in total. The van der Waals surface area contributed by atoms with Crippen LogP contribution in [-0.2, 0) is 10.0 Å². The van der Waals surface area contributed by atoms with E-state index in [9.17, 15) is 8.42 Å². The molecule has 0 aliphatic carbocycles. The molecular weight excluding hydrogens is 432 g/mol. The number of aryl methyl sites for hydroxylation is 1. The van der Waals surface area contributed by atoms with E-state index in [-0.39, 0.29) is 12.2 Å². The van der Waals surface area contributed by atoms with Crippen molar-refractivity contribution in [2.45, 2.75) is 11.8 Å². The van der Waals surface area contributed by atoms with Gasteiger partial charge in [-0.25, -0.2) is 13.4 Å². The number of sulfonamides is 1. The van der Waals surface area contributed by atoms with Gasteiger partial charge in [0.2, 0.25) is 15.9 Å². The van der Waals surface area contributed by atoms with E-state index in [1.54, 1.807) is 6.20 Å². The molecule has 0 amide bonds. The SMILES string of the molecule is Cc1ncc(N2CCN(S(=O)(=O)c3ccoc3)CC2)nc1-c1nnc(-c2ccccc2)o1.[HH]. The van der Waals surface area contributed by atoms with Gasteiger partial charge in [-0.2, -0.15) is 4.31 Å². The highest BCUT2D eigenvalue weighted by atomic mass is 32.2. The number of furan rings is 1. The molecule has 0 saturated carbocycles. The van der Waals surface area contributed by atoms with Gasteiger partial charge in [0, 0.05) is 33.2 Å². The predicted molar refractivity (Wildman–Crippen MR) is 117 cm³/mol. The van der Waals surface area contributed by atoms with Crippen molar-refractivity contribution < 1.29 is 18.7 Å². The molecule has 166 valence electrons. The predicted octanol–water partition coefficient (Wildman–Crippen LogP) is 2.85. The van der Waals surface area contributed by atoms with Crippen LogP contribution in [0.4, 0.5) is 5.82 Å². The van der Waals surface area contributed by atoms with Crippen LogP contribution >= 0.6 is 0 Å². The first-order valence-electron chi connectivity index (χ1n) is 10.0. The quantitative estimate of drug-likeness (QED) is 0.448. The van der Waals surface area contributed by atoms with Crippen LogP contribution in [0.25, 0.3) is 23.0 Å². The van der Waals surface area contributed by atoms with Crippen molar-refractivity contribution in [1.82, 2.24) is 24.5 Å². The lowest BCUT2D eigenvalue weighted by Gasteiger charge is -2.34. The second kappa shape index (κ2) is 8.17. The Hall–Kier alpha value is -3.57. The first kappa shape index (κ1) is 20.3. The molecule has 4 aromatic rings. The average molecular weight is 455 g/mol. The smallest absolute Gasteiger partial charge is 0.268 e. The van der Waals surface area contributed by atoms with Crippen LogP contribution in [0, 0.1) is 6.92 Å². The van der Waals surface area contributed by atoms with E-state index in [4.69, 9.17) is 13.8 Å². The Kier molecular flexibility index (Phi) is 5.19. The molecule has 5 rings (SSSR count). The minimum absolute atomic E-state index is 0. The summed E-state index contributed by atoms with van der Waals surface area (Å²) in [6.45, 7) is 3.45. The van der Waals surface area contributed by atoms with Gasteiger partial charge in [-0.05, 0) is 25.1 Å². The molecule has 32 heavy (non-hydrogen) atoms. The summed E-state index contributed by atoms with van der Waals surface area (Å²) >= 11 is 0. The van der Waals surface area contributed by atoms with Gasteiger partial charge in [0.25, 0.3) is 5.89 Å². The zero-order chi connectivity index (χ0) is 22.1. The fourth-order valence-electron chi connectivity index (χ4n) is 3.52. The lowest BCUT2D eigenvalue weighted by Crippen LogP contribution is -2.48. The summed E-state index contributed by atoms with van der Waals surface area (Å²) in [5, 5.41) is 8.28. The number of hydrogen-bond acceptors (Lipinski definition) is 9. The molecule has 1 saturated heterocycles. The topological polar surface area (TPSA) is 118 Å². The third-order valence-electron chi connectivity index (χ3n) is 5.29. The van der Waals surface area contributed by atoms with E-state index in [2.05, 4.69) is 15.2 Å². The van der Waals surface area contributed by atoms with Crippen molar-refractivity contribution in [3.63, 3.8) is 0 Å². The number of anilines is 1. The number of benzene rings is 1. The van der Waals surface area contributed by atoms with Gasteiger partial charge in [-0.3, -0.25) is 4.98 Å². The molecule has 1 aliphatic rings. The van der Waals surface area contributed by atoms with Crippen molar-refractivity contribution >= 4 is 15.8 Å². The molecule has 0 spiro atoms. The van der Waals surface area contributed by atoms with Crippen LogP contribution in [0.2, 0.25) is 0 Å². The second-order valence-electron chi connectivity index (χ2n) is 7.29. The minimum atomic E-state index is -3.56. The molecule has 1 aromatic carbocycles. The number of rotatable bonds is 5. The van der Waals surface area contributed by atoms with E-state index >= 15 is 0 Å². The summed E-state index contributed by atoms with van der Waals surface area (Å²) in [7, 11) is -3.56. The lowest BCUT2D eigenvalue weighted by molar-refractivity contribution is 0.383. The molecule has 0 N–H and O–H groups in total. The Labute approximate surface area is 186 Å². The average Bonchev–Trinajstić information content (AvgIpc) is 3.53. The third-order valence-corrected chi connectivity index (χ3v) is 7.16. The highest BCUT2D eigenvalue weighted by Gasteiger charge is 2.30. The standard InChI is InChI=1S/C21H20N6O4S.H2/c1-15-19(21-25-24-20(31-21)16-5-3-2-4-6-16)23-18(13-22-15)26-8-10-27(11-9-26)32(28,29)17-7-12-30-14-17;/h2-7,12-14H,8-11H2,1H3;1H. The van der Waals surface area contributed by atoms with Gasteiger partial charge in [0.15, 0.2) is 5.69 Å². The maximum absolute atomic E-state index is 12.7. The summed E-state index contributed by atoms with van der Waals surface area (Å²) in [5.74, 6) is 1.33. The summed E-state index contributed by atoms with van der Waals surface area (Å²) in [5.41, 5.74) is 1.99. The minimum Gasteiger partial charge on any atom is -0.471 e. The Morgan fingerprint density at radius 3 is 2.47 bits per heavy atom. The maximum atomic E-state index is 12.7. The highest BCUT2D eigenvalue weighted by Crippen LogP contribution is 2.26. The van der Waals surface area contributed by atoms with Crippen molar-refractivity contribution in [3.8, 4) is 23.0 Å². The largest absolute Gasteiger partial charge is 0.471 e. The zero-order valence-electron chi connectivity index (χ0n) is 17.2. The number of nitrogens with zero attached hydrogens (tertiary/aromatic N) is 6. The summed E-state index contributed by atoms with van der Waals surface area (Å²) < 4.78 is 37.6. The van der Waals surface area contributed by atoms with Crippen molar-refractivity contribution in [1.29, 1.82) is 0 Å². The van der Waals surface area contributed by atoms with E-state index in [0.29, 0.717) is 49.3 Å².